The molecule has 132 valence electrons. The summed E-state index contributed by atoms with van der Waals surface area (Å²) in [4.78, 5) is 29.4. The van der Waals surface area contributed by atoms with Gasteiger partial charge >= 0.3 is 12.1 Å². The second-order valence-electron chi connectivity index (χ2n) is 6.66. The maximum absolute atomic E-state index is 12.0. The van der Waals surface area contributed by atoms with Crippen molar-refractivity contribution in [3.8, 4) is 5.88 Å². The van der Waals surface area contributed by atoms with Gasteiger partial charge in [0, 0.05) is 38.2 Å². The Morgan fingerprint density at radius 1 is 1.25 bits per heavy atom. The number of esters is 1. The molecular weight excluding hydrogens is 312 g/mol. The zero-order valence-electron chi connectivity index (χ0n) is 14.6. The molecule has 7 heteroatoms. The summed E-state index contributed by atoms with van der Waals surface area (Å²) in [5.41, 5.74) is -0.100. The molecule has 0 N–H and O–H groups in total. The Labute approximate surface area is 141 Å². The first kappa shape index (κ1) is 18.0. The minimum absolute atomic E-state index is 0.0518. The van der Waals surface area contributed by atoms with Crippen molar-refractivity contribution in [3.63, 3.8) is 0 Å². The predicted octanol–water partition coefficient (Wildman–Crippen LogP) is 2.65. The summed E-state index contributed by atoms with van der Waals surface area (Å²) in [5, 5.41) is 0. The van der Waals surface area contributed by atoms with Gasteiger partial charge in [0.15, 0.2) is 0 Å². The molecule has 0 saturated carbocycles. The van der Waals surface area contributed by atoms with E-state index >= 15 is 0 Å². The molecule has 0 unspecified atom stereocenters. The topological polar surface area (TPSA) is 78.0 Å². The van der Waals surface area contributed by atoms with Crippen LogP contribution in [0.4, 0.5) is 4.79 Å². The van der Waals surface area contributed by atoms with Crippen LogP contribution in [-0.4, -0.2) is 53.9 Å². The van der Waals surface area contributed by atoms with Crippen molar-refractivity contribution in [1.82, 2.24) is 9.88 Å². The van der Waals surface area contributed by atoms with Crippen LogP contribution in [0.5, 0.6) is 5.88 Å². The van der Waals surface area contributed by atoms with E-state index in [1.165, 1.54) is 13.3 Å². The number of hydrogen-bond donors (Lipinski definition) is 0. The Balaban J connectivity index is 1.87. The van der Waals surface area contributed by atoms with Crippen molar-refractivity contribution in [1.29, 1.82) is 0 Å². The number of hydrogen-bond acceptors (Lipinski definition) is 6. The van der Waals surface area contributed by atoms with Crippen LogP contribution in [-0.2, 0) is 9.47 Å². The lowest BCUT2D eigenvalue weighted by molar-refractivity contribution is 0.0122. The molecule has 1 aromatic rings. The molecule has 0 aromatic carbocycles. The summed E-state index contributed by atoms with van der Waals surface area (Å²) in [6.07, 6.45) is 2.53. The lowest BCUT2D eigenvalue weighted by Gasteiger charge is -2.33. The minimum atomic E-state index is -0.497. The number of methoxy groups -OCH3 is 1. The van der Waals surface area contributed by atoms with E-state index in [-0.39, 0.29) is 12.2 Å². The van der Waals surface area contributed by atoms with E-state index < -0.39 is 11.6 Å². The smallest absolute Gasteiger partial charge is 0.410 e. The van der Waals surface area contributed by atoms with Crippen LogP contribution in [0.3, 0.4) is 0 Å². The lowest BCUT2D eigenvalue weighted by Crippen LogP contribution is -2.44. The molecule has 2 heterocycles. The third-order valence-corrected chi connectivity index (χ3v) is 3.54. The van der Waals surface area contributed by atoms with Gasteiger partial charge in [0.2, 0.25) is 5.88 Å². The average Bonchev–Trinajstić information content (AvgIpc) is 2.53. The number of aromatic nitrogens is 1. The Hall–Kier alpha value is -2.31. The number of carbonyl (C=O) groups excluding carboxylic acids is 2. The van der Waals surface area contributed by atoms with E-state index in [4.69, 9.17) is 9.47 Å². The van der Waals surface area contributed by atoms with Crippen LogP contribution in [0.1, 0.15) is 44.0 Å². The molecule has 2 rings (SSSR count). The van der Waals surface area contributed by atoms with Gasteiger partial charge < -0.3 is 19.1 Å². The van der Waals surface area contributed by atoms with Gasteiger partial charge in [0.25, 0.3) is 0 Å². The molecule has 0 spiro atoms. The van der Waals surface area contributed by atoms with Gasteiger partial charge in [-0.15, -0.1) is 0 Å². The van der Waals surface area contributed by atoms with Crippen LogP contribution in [0, 0.1) is 0 Å². The largest absolute Gasteiger partial charge is 0.474 e. The van der Waals surface area contributed by atoms with Crippen LogP contribution in [0.25, 0.3) is 0 Å². The van der Waals surface area contributed by atoms with E-state index in [0.29, 0.717) is 37.4 Å². The van der Waals surface area contributed by atoms with Crippen LogP contribution in [0.15, 0.2) is 18.3 Å². The molecular formula is C17H24N2O5. The van der Waals surface area contributed by atoms with Gasteiger partial charge in [-0.1, -0.05) is 0 Å². The fraction of sp³-hybridized carbons (Fsp3) is 0.588. The summed E-state index contributed by atoms with van der Waals surface area (Å²) in [6.45, 7) is 6.68. The molecule has 0 bridgehead atoms. The highest BCUT2D eigenvalue weighted by Gasteiger charge is 2.27. The number of nitrogens with zero attached hydrogens (tertiary/aromatic N) is 2. The Morgan fingerprint density at radius 3 is 2.50 bits per heavy atom. The second kappa shape index (κ2) is 7.51. The first-order valence-corrected chi connectivity index (χ1v) is 7.97. The zero-order valence-corrected chi connectivity index (χ0v) is 14.6. The van der Waals surface area contributed by atoms with E-state index in [0.717, 1.165) is 0 Å². The number of likely N-dealkylation sites (tertiary alicyclic amines) is 1. The average molecular weight is 336 g/mol. The number of amides is 1. The molecule has 1 fully saturated rings. The molecule has 1 saturated heterocycles. The molecule has 1 aromatic heterocycles. The lowest BCUT2D eigenvalue weighted by atomic mass is 10.1. The maximum atomic E-state index is 12.0. The second-order valence-corrected chi connectivity index (χ2v) is 6.66. The fourth-order valence-corrected chi connectivity index (χ4v) is 2.37. The first-order chi connectivity index (χ1) is 11.3. The van der Waals surface area contributed by atoms with Gasteiger partial charge in [0.05, 0.1) is 12.7 Å². The summed E-state index contributed by atoms with van der Waals surface area (Å²) >= 11 is 0. The normalized spacial score (nSPS) is 15.8. The number of carbonyl (C=O) groups is 2. The minimum Gasteiger partial charge on any atom is -0.474 e. The number of pyridine rings is 1. The molecule has 1 aliphatic rings. The van der Waals surface area contributed by atoms with E-state index in [2.05, 4.69) is 9.72 Å². The van der Waals surface area contributed by atoms with E-state index in [1.807, 2.05) is 20.8 Å². The van der Waals surface area contributed by atoms with Crippen LogP contribution >= 0.6 is 0 Å². The highest BCUT2D eigenvalue weighted by molar-refractivity contribution is 5.89. The highest BCUT2D eigenvalue weighted by Crippen LogP contribution is 2.20. The van der Waals surface area contributed by atoms with Crippen molar-refractivity contribution in [2.75, 3.05) is 20.2 Å². The summed E-state index contributed by atoms with van der Waals surface area (Å²) < 4.78 is 15.9. The van der Waals surface area contributed by atoms with Gasteiger partial charge in [0.1, 0.15) is 11.7 Å². The predicted molar refractivity (Wildman–Crippen MR) is 87.0 cm³/mol. The third-order valence-electron chi connectivity index (χ3n) is 3.54. The maximum Gasteiger partial charge on any atom is 0.410 e. The van der Waals surface area contributed by atoms with E-state index in [1.54, 1.807) is 17.0 Å². The first-order valence-electron chi connectivity index (χ1n) is 7.97. The molecule has 1 aliphatic heterocycles. The number of rotatable bonds is 3. The van der Waals surface area contributed by atoms with Crippen molar-refractivity contribution in [2.24, 2.45) is 0 Å². The van der Waals surface area contributed by atoms with Gasteiger partial charge in [-0.3, -0.25) is 0 Å². The van der Waals surface area contributed by atoms with Crippen molar-refractivity contribution in [3.05, 3.63) is 23.9 Å². The molecule has 0 atom stereocenters. The molecule has 24 heavy (non-hydrogen) atoms. The Bertz CT molecular complexity index is 589. The summed E-state index contributed by atoms with van der Waals surface area (Å²) in [5.74, 6) is -0.0457. The molecule has 0 radical (unpaired) electrons. The van der Waals surface area contributed by atoms with Crippen molar-refractivity contribution < 1.29 is 23.8 Å². The highest BCUT2D eigenvalue weighted by atomic mass is 16.6. The van der Waals surface area contributed by atoms with Crippen molar-refractivity contribution >= 4 is 12.1 Å². The quantitative estimate of drug-likeness (QED) is 0.790. The number of ether oxygens (including phenoxy) is 3. The van der Waals surface area contributed by atoms with Gasteiger partial charge in [-0.25, -0.2) is 14.6 Å². The van der Waals surface area contributed by atoms with Crippen LogP contribution in [0.2, 0.25) is 0 Å². The Kier molecular flexibility index (Phi) is 5.64. The fourth-order valence-electron chi connectivity index (χ4n) is 2.37. The molecule has 1 amide bonds. The summed E-state index contributed by atoms with van der Waals surface area (Å²) in [6, 6.07) is 3.13. The molecule has 0 aliphatic carbocycles. The van der Waals surface area contributed by atoms with E-state index in [9.17, 15) is 9.59 Å². The standard InChI is InChI=1S/C17H24N2O5/c1-17(2,3)24-16(21)19-9-6-13(7-10-19)23-14-11-12(5-8-18-14)15(20)22-4/h5,8,11,13H,6-7,9-10H2,1-4H3. The number of piperidine rings is 1. The summed E-state index contributed by atoms with van der Waals surface area (Å²) in [7, 11) is 1.33. The van der Waals surface area contributed by atoms with Crippen molar-refractivity contribution in [2.45, 2.75) is 45.3 Å². The molecule has 7 nitrogen and oxygen atoms in total. The monoisotopic (exact) mass is 336 g/mol. The zero-order chi connectivity index (χ0) is 17.7. The van der Waals surface area contributed by atoms with Gasteiger partial charge in [-0.2, -0.15) is 0 Å². The van der Waals surface area contributed by atoms with Gasteiger partial charge in [-0.05, 0) is 26.8 Å². The van der Waals surface area contributed by atoms with Crippen LogP contribution < -0.4 is 4.74 Å². The third kappa shape index (κ3) is 5.11. The Morgan fingerprint density at radius 2 is 1.92 bits per heavy atom. The SMILES string of the molecule is COC(=O)c1ccnc(OC2CCN(C(=O)OC(C)(C)C)CC2)c1.